The number of nitrogens with two attached hydrogens (primary N) is 1. The molecule has 0 unspecified atom stereocenters. The molecule has 0 fully saturated rings. The molecule has 9 nitrogen and oxygen atoms in total. The third kappa shape index (κ3) is 3.97. The van der Waals surface area contributed by atoms with Gasteiger partial charge in [-0.15, -0.1) is 9.50 Å². The van der Waals surface area contributed by atoms with Crippen LogP contribution in [0.5, 0.6) is 0 Å². The van der Waals surface area contributed by atoms with Gasteiger partial charge >= 0.3 is 11.6 Å². The zero-order valence-electron chi connectivity index (χ0n) is 18.5. The van der Waals surface area contributed by atoms with Gasteiger partial charge in [-0.2, -0.15) is 4.68 Å². The summed E-state index contributed by atoms with van der Waals surface area (Å²) in [6.07, 6.45) is 0.0971. The number of halogens is 2. The number of rotatable bonds is 5. The number of nitrogen functional groups attached to an aromatic ring is 1. The zero-order valence-corrected chi connectivity index (χ0v) is 18.5. The lowest BCUT2D eigenvalue weighted by Crippen LogP contribution is -2.28. The Morgan fingerprint density at radius 2 is 1.80 bits per heavy atom. The minimum atomic E-state index is -2.63. The molecule has 0 aliphatic rings. The smallest absolute Gasteiger partial charge is 0.318 e. The monoisotopic (exact) mass is 476 g/mol. The maximum atomic E-state index is 13.2. The first-order chi connectivity index (χ1) is 16.8. The van der Waals surface area contributed by atoms with E-state index in [0.29, 0.717) is 22.5 Å². The summed E-state index contributed by atoms with van der Waals surface area (Å²) in [7, 11) is 1.63. The molecular weight excluding hydrogens is 456 g/mol. The molecule has 0 aliphatic heterocycles. The molecule has 4 heterocycles. The number of aromatic amines is 1. The number of nitrogens with one attached hydrogen (secondary N) is 1. The average Bonchev–Trinajstić information content (AvgIpc) is 3.18. The maximum absolute atomic E-state index is 13.2. The highest BCUT2D eigenvalue weighted by molar-refractivity contribution is 5.88. The lowest BCUT2D eigenvalue weighted by atomic mass is 10.0. The van der Waals surface area contributed by atoms with Crippen molar-refractivity contribution in [1.29, 1.82) is 0 Å². The van der Waals surface area contributed by atoms with Crippen LogP contribution in [0.15, 0.2) is 76.6 Å². The SMILES string of the molecule is Cn1cc(-c2c(-c3ccccc3)[nH+]c(N)n3c(=O)n(Cc4ccc(C(F)F)cn4)nc23)ccc1=O. The van der Waals surface area contributed by atoms with E-state index in [1.807, 2.05) is 30.3 Å². The number of alkyl halides is 2. The van der Waals surface area contributed by atoms with E-state index in [4.69, 9.17) is 5.73 Å². The highest BCUT2D eigenvalue weighted by Crippen LogP contribution is 2.31. The number of anilines is 1. The Morgan fingerprint density at radius 3 is 2.46 bits per heavy atom. The number of benzene rings is 1. The van der Waals surface area contributed by atoms with Crippen molar-refractivity contribution in [2.45, 2.75) is 13.0 Å². The lowest BCUT2D eigenvalue weighted by Gasteiger charge is -2.10. The Hall–Kier alpha value is -4.67. The first kappa shape index (κ1) is 22.1. The molecule has 0 saturated carbocycles. The van der Waals surface area contributed by atoms with Gasteiger partial charge in [-0.3, -0.25) is 15.5 Å². The molecule has 5 rings (SSSR count). The van der Waals surface area contributed by atoms with Crippen LogP contribution in [0.3, 0.4) is 0 Å². The van der Waals surface area contributed by atoms with Crippen molar-refractivity contribution < 1.29 is 13.8 Å². The normalized spacial score (nSPS) is 11.4. The van der Waals surface area contributed by atoms with E-state index in [2.05, 4.69) is 15.1 Å². The first-order valence-corrected chi connectivity index (χ1v) is 10.6. The Morgan fingerprint density at radius 1 is 1.03 bits per heavy atom. The van der Waals surface area contributed by atoms with Gasteiger partial charge in [0.2, 0.25) is 11.2 Å². The van der Waals surface area contributed by atoms with Crippen LogP contribution in [0.1, 0.15) is 17.7 Å². The Kier molecular flexibility index (Phi) is 5.44. The van der Waals surface area contributed by atoms with E-state index >= 15 is 0 Å². The summed E-state index contributed by atoms with van der Waals surface area (Å²) < 4.78 is 29.6. The molecule has 0 spiro atoms. The summed E-state index contributed by atoms with van der Waals surface area (Å²) in [6, 6.07) is 15.2. The highest BCUT2D eigenvalue weighted by atomic mass is 19.3. The van der Waals surface area contributed by atoms with Crippen LogP contribution >= 0.6 is 0 Å². The summed E-state index contributed by atoms with van der Waals surface area (Å²) in [5, 5.41) is 4.53. The minimum absolute atomic E-state index is 0.0448. The van der Waals surface area contributed by atoms with Gasteiger partial charge in [0.05, 0.1) is 17.8 Å². The molecule has 0 aliphatic carbocycles. The molecular formula is C24H20F2N7O2+. The molecule has 11 heteroatoms. The highest BCUT2D eigenvalue weighted by Gasteiger charge is 2.26. The van der Waals surface area contributed by atoms with E-state index in [1.54, 1.807) is 19.3 Å². The molecule has 4 aromatic heterocycles. The average molecular weight is 476 g/mol. The van der Waals surface area contributed by atoms with Crippen molar-refractivity contribution >= 4 is 11.6 Å². The molecule has 0 saturated heterocycles. The van der Waals surface area contributed by atoms with E-state index < -0.39 is 12.1 Å². The topological polar surface area (TPSA) is 114 Å². The van der Waals surface area contributed by atoms with Crippen molar-refractivity contribution in [2.75, 3.05) is 5.73 Å². The van der Waals surface area contributed by atoms with E-state index in [0.717, 1.165) is 11.8 Å². The van der Waals surface area contributed by atoms with Crippen LogP contribution in [0.2, 0.25) is 0 Å². The van der Waals surface area contributed by atoms with Crippen molar-refractivity contribution in [3.05, 3.63) is 99.1 Å². The summed E-state index contributed by atoms with van der Waals surface area (Å²) in [4.78, 5) is 32.4. The summed E-state index contributed by atoms with van der Waals surface area (Å²) in [6.45, 7) is -0.0448. The van der Waals surface area contributed by atoms with E-state index in [9.17, 15) is 18.4 Å². The molecule has 0 bridgehead atoms. The Labute approximate surface area is 196 Å². The lowest BCUT2D eigenvalue weighted by molar-refractivity contribution is -0.351. The zero-order chi connectivity index (χ0) is 24.7. The largest absolute Gasteiger partial charge is 0.411 e. The van der Waals surface area contributed by atoms with Gasteiger partial charge in [0.1, 0.15) is 5.69 Å². The number of pyridine rings is 2. The molecule has 35 heavy (non-hydrogen) atoms. The van der Waals surface area contributed by atoms with Gasteiger partial charge in [0, 0.05) is 42.2 Å². The van der Waals surface area contributed by atoms with Crippen LogP contribution in [-0.2, 0) is 13.6 Å². The quantitative estimate of drug-likeness (QED) is 0.418. The third-order valence-electron chi connectivity index (χ3n) is 5.66. The third-order valence-corrected chi connectivity index (χ3v) is 5.66. The molecule has 1 aromatic carbocycles. The van der Waals surface area contributed by atoms with Gasteiger partial charge in [-0.05, 0) is 18.2 Å². The van der Waals surface area contributed by atoms with Crippen LogP contribution in [0, 0.1) is 0 Å². The summed E-state index contributed by atoms with van der Waals surface area (Å²) in [5.74, 6) is 0.0599. The number of H-pyrrole nitrogens is 1. The predicted octanol–water partition coefficient (Wildman–Crippen LogP) is 2.31. The number of fused-ring (bicyclic) bond motifs is 1. The second-order valence-electron chi connectivity index (χ2n) is 7.98. The summed E-state index contributed by atoms with van der Waals surface area (Å²) in [5.41, 5.74) is 8.61. The minimum Gasteiger partial charge on any atom is -0.318 e. The second kappa shape index (κ2) is 8.60. The van der Waals surface area contributed by atoms with Crippen LogP contribution in [-0.4, -0.2) is 23.7 Å². The van der Waals surface area contributed by atoms with Gasteiger partial charge in [0.25, 0.3) is 6.43 Å². The van der Waals surface area contributed by atoms with Crippen molar-refractivity contribution in [3.63, 3.8) is 0 Å². The Balaban J connectivity index is 1.74. The van der Waals surface area contributed by atoms with E-state index in [-0.39, 0.29) is 29.3 Å². The number of aryl methyl sites for hydroxylation is 1. The van der Waals surface area contributed by atoms with Crippen LogP contribution in [0.4, 0.5) is 14.7 Å². The van der Waals surface area contributed by atoms with Crippen molar-refractivity contribution in [3.8, 4) is 22.4 Å². The fourth-order valence-corrected chi connectivity index (χ4v) is 3.90. The van der Waals surface area contributed by atoms with Crippen LogP contribution in [0.25, 0.3) is 28.0 Å². The predicted molar refractivity (Wildman–Crippen MR) is 125 cm³/mol. The molecule has 0 radical (unpaired) electrons. The number of hydrogen-bond acceptors (Lipinski definition) is 5. The fraction of sp³-hybridized carbons (Fsp3) is 0.125. The Bertz CT molecular complexity index is 1660. The number of aromatic nitrogens is 6. The molecule has 3 N–H and O–H groups in total. The van der Waals surface area contributed by atoms with Crippen molar-refractivity contribution in [2.24, 2.45) is 7.05 Å². The maximum Gasteiger partial charge on any atom is 0.411 e. The number of hydrogen-bond donors (Lipinski definition) is 1. The fourth-order valence-electron chi connectivity index (χ4n) is 3.90. The first-order valence-electron chi connectivity index (χ1n) is 10.6. The second-order valence-corrected chi connectivity index (χ2v) is 7.98. The van der Waals surface area contributed by atoms with Crippen molar-refractivity contribution in [1.82, 2.24) is 23.7 Å². The number of nitrogens with zero attached hydrogens (tertiary/aromatic N) is 5. The van der Waals surface area contributed by atoms with Gasteiger partial charge < -0.3 is 4.57 Å². The molecule has 0 amide bonds. The van der Waals surface area contributed by atoms with Crippen LogP contribution < -0.4 is 22.0 Å². The molecule has 5 aromatic rings. The summed E-state index contributed by atoms with van der Waals surface area (Å²) >= 11 is 0. The molecule has 0 atom stereocenters. The van der Waals surface area contributed by atoms with Gasteiger partial charge in [0.15, 0.2) is 0 Å². The van der Waals surface area contributed by atoms with E-state index in [1.165, 1.54) is 31.8 Å². The standard InChI is InChI=1S/C24H19F2N7O2/c1-31-12-16(8-10-18(31)34)19-20(14-5-3-2-4-6-14)29-23(27)33-22(19)30-32(24(33)35)13-17-9-7-15(11-28-17)21(25)26/h2-12,21H,13H2,1H3,(H2,27,29)/p+1. The molecule has 176 valence electrons. The van der Waals surface area contributed by atoms with Gasteiger partial charge in [-0.25, -0.2) is 18.6 Å². The van der Waals surface area contributed by atoms with Gasteiger partial charge in [-0.1, -0.05) is 30.3 Å².